The number of hydrogen-bond acceptors (Lipinski definition) is 4. The van der Waals surface area contributed by atoms with Crippen molar-refractivity contribution >= 4 is 23.2 Å². The van der Waals surface area contributed by atoms with Crippen LogP contribution in [-0.4, -0.2) is 23.4 Å². The minimum Gasteiger partial charge on any atom is -0.352 e. The molecule has 1 aromatic rings. The number of aromatic nitrogens is 1. The van der Waals surface area contributed by atoms with Gasteiger partial charge in [0.1, 0.15) is 11.0 Å². The molecule has 1 aliphatic heterocycles. The molecule has 2 atom stereocenters. The summed E-state index contributed by atoms with van der Waals surface area (Å²) in [6, 6.07) is 5.77. The molecule has 4 nitrogen and oxygen atoms in total. The summed E-state index contributed by atoms with van der Waals surface area (Å²) in [6.07, 6.45) is 0.794. The Morgan fingerprint density at radius 3 is 2.89 bits per heavy atom. The molecule has 0 bridgehead atoms. The van der Waals surface area contributed by atoms with E-state index in [1.165, 1.54) is 6.92 Å². The quantitative estimate of drug-likeness (QED) is 0.608. The van der Waals surface area contributed by atoms with E-state index >= 15 is 0 Å². The molecule has 0 aromatic carbocycles. The number of Topliss-reactive ketones (excluding diaryl/α,β-unsaturated/α-hetero) is 1. The highest BCUT2D eigenvalue weighted by Crippen LogP contribution is 2.30. The van der Waals surface area contributed by atoms with Gasteiger partial charge < -0.3 is 4.90 Å². The summed E-state index contributed by atoms with van der Waals surface area (Å²) in [6.45, 7) is 4.14. The van der Waals surface area contributed by atoms with Crippen molar-refractivity contribution in [1.29, 1.82) is 5.26 Å². The molecule has 0 N–H and O–H groups in total. The molecule has 0 radical (unpaired) electrons. The fourth-order valence-corrected chi connectivity index (χ4v) is 2.48. The van der Waals surface area contributed by atoms with E-state index in [0.29, 0.717) is 23.1 Å². The Bertz CT molecular complexity index is 523. The first-order valence-corrected chi connectivity index (χ1v) is 6.24. The normalized spacial score (nSPS) is 22.9. The topological polar surface area (TPSA) is 57.0 Å². The maximum absolute atomic E-state index is 11.6. The predicted octanol–water partition coefficient (Wildman–Crippen LogP) is 2.68. The summed E-state index contributed by atoms with van der Waals surface area (Å²) in [4.78, 5) is 17.9. The lowest BCUT2D eigenvalue weighted by Crippen LogP contribution is -2.29. The zero-order valence-corrected chi connectivity index (χ0v) is 11.1. The van der Waals surface area contributed by atoms with Gasteiger partial charge in [-0.25, -0.2) is 4.98 Å². The molecule has 2 rings (SSSR count). The number of anilines is 1. The lowest BCUT2D eigenvalue weighted by molar-refractivity contribution is 0.101. The maximum atomic E-state index is 11.6. The lowest BCUT2D eigenvalue weighted by Gasteiger charge is -2.24. The number of ketones is 1. The fourth-order valence-electron chi connectivity index (χ4n) is 2.34. The zero-order chi connectivity index (χ0) is 13.3. The molecule has 2 heterocycles. The van der Waals surface area contributed by atoms with Gasteiger partial charge in [-0.2, -0.15) is 5.26 Å². The van der Waals surface area contributed by atoms with Gasteiger partial charge in [-0.05, 0) is 32.4 Å². The largest absolute Gasteiger partial charge is 0.352 e. The van der Waals surface area contributed by atoms with E-state index in [1.54, 1.807) is 12.1 Å². The van der Waals surface area contributed by atoms with Crippen molar-refractivity contribution in [2.45, 2.75) is 26.3 Å². The molecular formula is C13H14ClN3O. The fraction of sp³-hybridized carbons (Fsp3) is 0.462. The van der Waals surface area contributed by atoms with Gasteiger partial charge in [0.25, 0.3) is 0 Å². The second kappa shape index (κ2) is 4.95. The third-order valence-electron chi connectivity index (χ3n) is 3.25. The third kappa shape index (κ3) is 2.32. The van der Waals surface area contributed by atoms with Crippen molar-refractivity contribution in [3.63, 3.8) is 0 Å². The number of rotatable bonds is 2. The van der Waals surface area contributed by atoms with Crippen molar-refractivity contribution in [2.24, 2.45) is 5.92 Å². The van der Waals surface area contributed by atoms with Gasteiger partial charge in [0.15, 0.2) is 5.78 Å². The van der Waals surface area contributed by atoms with Crippen LogP contribution in [0.25, 0.3) is 0 Å². The Morgan fingerprint density at radius 1 is 1.61 bits per heavy atom. The highest BCUT2D eigenvalue weighted by Gasteiger charge is 2.31. The Hall–Kier alpha value is -1.60. The number of nitriles is 1. The molecule has 94 valence electrons. The van der Waals surface area contributed by atoms with Crippen molar-refractivity contribution in [3.8, 4) is 6.07 Å². The van der Waals surface area contributed by atoms with Gasteiger partial charge in [0.2, 0.25) is 0 Å². The van der Waals surface area contributed by atoms with Crippen LogP contribution in [0.3, 0.4) is 0 Å². The predicted molar refractivity (Wildman–Crippen MR) is 69.8 cm³/mol. The maximum Gasteiger partial charge on any atom is 0.163 e. The first-order chi connectivity index (χ1) is 8.52. The average Bonchev–Trinajstić information content (AvgIpc) is 2.70. The van der Waals surface area contributed by atoms with Crippen LogP contribution in [0.5, 0.6) is 0 Å². The number of hydrogen-bond donors (Lipinski definition) is 0. The highest BCUT2D eigenvalue weighted by atomic mass is 35.5. The second-order valence-electron chi connectivity index (χ2n) is 4.62. The Balaban J connectivity index is 2.41. The first kappa shape index (κ1) is 12.8. The van der Waals surface area contributed by atoms with Crippen molar-refractivity contribution < 1.29 is 4.79 Å². The van der Waals surface area contributed by atoms with E-state index in [4.69, 9.17) is 16.9 Å². The first-order valence-electron chi connectivity index (χ1n) is 5.86. The third-order valence-corrected chi connectivity index (χ3v) is 3.46. The summed E-state index contributed by atoms with van der Waals surface area (Å²) >= 11 is 5.90. The molecule has 1 aliphatic rings. The summed E-state index contributed by atoms with van der Waals surface area (Å²) in [5.41, 5.74) is 0.560. The van der Waals surface area contributed by atoms with Gasteiger partial charge in [0, 0.05) is 12.6 Å². The van der Waals surface area contributed by atoms with Crippen LogP contribution in [-0.2, 0) is 0 Å². The van der Waals surface area contributed by atoms with Gasteiger partial charge >= 0.3 is 0 Å². The van der Waals surface area contributed by atoms with Crippen LogP contribution >= 0.6 is 11.6 Å². The van der Waals surface area contributed by atoms with E-state index in [-0.39, 0.29) is 17.7 Å². The molecule has 0 unspecified atom stereocenters. The monoisotopic (exact) mass is 263 g/mol. The molecule has 0 aliphatic carbocycles. The molecule has 18 heavy (non-hydrogen) atoms. The van der Waals surface area contributed by atoms with E-state index in [9.17, 15) is 4.79 Å². The Kier molecular flexibility index (Phi) is 3.53. The minimum absolute atomic E-state index is 0.0133. The van der Waals surface area contributed by atoms with Gasteiger partial charge in [-0.3, -0.25) is 4.79 Å². The second-order valence-corrected chi connectivity index (χ2v) is 5.01. The van der Waals surface area contributed by atoms with Gasteiger partial charge in [-0.15, -0.1) is 0 Å². The summed E-state index contributed by atoms with van der Waals surface area (Å²) in [5.74, 6) is 0.544. The van der Waals surface area contributed by atoms with Crippen molar-refractivity contribution in [3.05, 3.63) is 22.8 Å². The molecule has 0 amide bonds. The summed E-state index contributed by atoms with van der Waals surface area (Å²) in [7, 11) is 0. The summed E-state index contributed by atoms with van der Waals surface area (Å²) in [5, 5.41) is 9.36. The Labute approximate surface area is 111 Å². The SMILES string of the molecule is CC(=O)c1ccc(Cl)nc1N1C[C@H](C#N)C[C@@H]1C. The highest BCUT2D eigenvalue weighted by molar-refractivity contribution is 6.29. The van der Waals surface area contributed by atoms with Gasteiger partial charge in [-0.1, -0.05) is 11.6 Å². The number of carbonyl (C=O) groups excluding carboxylic acids is 1. The average molecular weight is 264 g/mol. The van der Waals surface area contributed by atoms with Crippen LogP contribution in [0, 0.1) is 17.2 Å². The number of pyridine rings is 1. The molecule has 1 aromatic heterocycles. The number of nitrogens with zero attached hydrogens (tertiary/aromatic N) is 3. The Morgan fingerprint density at radius 2 is 2.33 bits per heavy atom. The molecule has 1 saturated heterocycles. The van der Waals surface area contributed by atoms with Crippen molar-refractivity contribution in [1.82, 2.24) is 4.98 Å². The number of carbonyl (C=O) groups is 1. The van der Waals surface area contributed by atoms with E-state index in [2.05, 4.69) is 11.1 Å². The molecule has 0 spiro atoms. The zero-order valence-electron chi connectivity index (χ0n) is 10.4. The van der Waals surface area contributed by atoms with Crippen LogP contribution in [0.1, 0.15) is 30.6 Å². The van der Waals surface area contributed by atoms with Crippen LogP contribution in [0.4, 0.5) is 5.82 Å². The van der Waals surface area contributed by atoms with E-state index < -0.39 is 0 Å². The molecule has 0 saturated carbocycles. The minimum atomic E-state index is -0.0400. The lowest BCUT2D eigenvalue weighted by atomic mass is 10.1. The van der Waals surface area contributed by atoms with Gasteiger partial charge in [0.05, 0.1) is 17.6 Å². The van der Waals surface area contributed by atoms with Crippen LogP contribution in [0.2, 0.25) is 5.15 Å². The van der Waals surface area contributed by atoms with Crippen LogP contribution < -0.4 is 4.90 Å². The van der Waals surface area contributed by atoms with Crippen LogP contribution in [0.15, 0.2) is 12.1 Å². The number of halogens is 1. The summed E-state index contributed by atoms with van der Waals surface area (Å²) < 4.78 is 0. The molecule has 5 heteroatoms. The van der Waals surface area contributed by atoms with E-state index in [0.717, 1.165) is 6.42 Å². The molecular weight excluding hydrogens is 250 g/mol. The van der Waals surface area contributed by atoms with Crippen molar-refractivity contribution in [2.75, 3.05) is 11.4 Å². The molecule has 1 fully saturated rings. The standard InChI is InChI=1S/C13H14ClN3O/c1-8-5-10(6-15)7-17(8)13-11(9(2)18)3-4-12(14)16-13/h3-4,8,10H,5,7H2,1-2H3/t8-,10-/m0/s1. The smallest absolute Gasteiger partial charge is 0.163 e. The van der Waals surface area contributed by atoms with E-state index in [1.807, 2.05) is 11.8 Å².